The number of nitrogens with one attached hydrogen (secondary N) is 1. The largest absolute Gasteiger partial charge is 0.494 e. The average molecular weight is 422 g/mol. The van der Waals surface area contributed by atoms with Crippen LogP contribution in [0.4, 0.5) is 4.79 Å². The normalized spacial score (nSPS) is 15.9. The summed E-state index contributed by atoms with van der Waals surface area (Å²) in [6, 6.07) is 22.2. The maximum absolute atomic E-state index is 11.5. The highest BCUT2D eigenvalue weighted by atomic mass is 32.2. The Kier molecular flexibility index (Phi) is 6.54. The highest BCUT2D eigenvalue weighted by molar-refractivity contribution is 8.15. The molecule has 0 spiro atoms. The zero-order valence-electron chi connectivity index (χ0n) is 16.5. The number of carbonyl (C=O) groups excluding carboxylic acids is 2. The second kappa shape index (κ2) is 9.67. The number of hydrogen-bond acceptors (Lipinski definition) is 5. The first kappa shape index (κ1) is 20.3. The number of thioether (sulfide) groups is 1. The Hall–Kier alpha value is -2.99. The summed E-state index contributed by atoms with van der Waals surface area (Å²) in [5.74, 6) is 1.49. The van der Waals surface area contributed by atoms with Crippen molar-refractivity contribution >= 4 is 33.7 Å². The molecule has 154 valence electrons. The van der Waals surface area contributed by atoms with Gasteiger partial charge in [0.2, 0.25) is 5.91 Å². The zero-order chi connectivity index (χ0) is 20.8. The summed E-state index contributed by atoms with van der Waals surface area (Å²) in [5.41, 5.74) is 1.14. The third kappa shape index (κ3) is 5.33. The lowest BCUT2D eigenvalue weighted by molar-refractivity contribution is -0.119. The van der Waals surface area contributed by atoms with E-state index in [-0.39, 0.29) is 16.4 Å². The molecular formula is C24H23NO4S. The number of amides is 2. The van der Waals surface area contributed by atoms with E-state index in [1.54, 1.807) is 0 Å². The van der Waals surface area contributed by atoms with Crippen LogP contribution >= 0.6 is 11.8 Å². The fourth-order valence-corrected chi connectivity index (χ4v) is 4.20. The van der Waals surface area contributed by atoms with Crippen molar-refractivity contribution in [2.24, 2.45) is 0 Å². The molecule has 0 aromatic heterocycles. The van der Waals surface area contributed by atoms with Gasteiger partial charge >= 0.3 is 0 Å². The van der Waals surface area contributed by atoms with Gasteiger partial charge in [-0.2, -0.15) is 0 Å². The molecule has 1 unspecified atom stereocenters. The standard InChI is InChI=1S/C24H23NO4S/c26-23-22(30-24(27)25-23)8-4-5-13-28-20-11-9-19-15-21(12-10-18(19)14-20)29-16-17-6-2-1-3-7-17/h1-3,6-7,9-12,14-15,22H,4-5,8,13,16H2,(H,25,26,27). The first-order chi connectivity index (χ1) is 14.7. The number of carbonyl (C=O) groups is 2. The molecule has 1 saturated heterocycles. The molecule has 0 saturated carbocycles. The first-order valence-corrected chi connectivity index (χ1v) is 10.9. The Morgan fingerprint density at radius 3 is 2.20 bits per heavy atom. The van der Waals surface area contributed by atoms with E-state index in [0.29, 0.717) is 19.6 Å². The van der Waals surface area contributed by atoms with Crippen LogP contribution in [0.15, 0.2) is 66.7 Å². The molecule has 0 aliphatic carbocycles. The van der Waals surface area contributed by atoms with Crippen LogP contribution in [0.5, 0.6) is 11.5 Å². The molecule has 0 radical (unpaired) electrons. The van der Waals surface area contributed by atoms with Crippen LogP contribution in [0.3, 0.4) is 0 Å². The number of ether oxygens (including phenoxy) is 2. The van der Waals surface area contributed by atoms with Crippen molar-refractivity contribution in [1.29, 1.82) is 0 Å². The molecule has 5 nitrogen and oxygen atoms in total. The number of unbranched alkanes of at least 4 members (excludes halogenated alkanes) is 1. The van der Waals surface area contributed by atoms with Crippen LogP contribution < -0.4 is 14.8 Å². The van der Waals surface area contributed by atoms with Crippen molar-refractivity contribution in [3.8, 4) is 11.5 Å². The monoisotopic (exact) mass is 421 g/mol. The third-order valence-corrected chi connectivity index (χ3v) is 5.98. The molecule has 1 N–H and O–H groups in total. The van der Waals surface area contributed by atoms with Crippen LogP contribution in [-0.4, -0.2) is 23.0 Å². The Balaban J connectivity index is 1.25. The maximum atomic E-state index is 11.5. The van der Waals surface area contributed by atoms with Crippen molar-refractivity contribution in [2.45, 2.75) is 31.1 Å². The van der Waals surface area contributed by atoms with Gasteiger partial charge in [-0.3, -0.25) is 14.9 Å². The van der Waals surface area contributed by atoms with E-state index in [0.717, 1.165) is 52.4 Å². The Labute approximate surface area is 179 Å². The molecule has 1 fully saturated rings. The number of benzene rings is 3. The fraction of sp³-hybridized carbons (Fsp3) is 0.250. The fourth-order valence-electron chi connectivity index (χ4n) is 3.33. The van der Waals surface area contributed by atoms with Crippen molar-refractivity contribution in [3.05, 3.63) is 72.3 Å². The summed E-state index contributed by atoms with van der Waals surface area (Å²) in [5, 5.41) is 4.01. The van der Waals surface area contributed by atoms with Gasteiger partial charge in [-0.25, -0.2) is 0 Å². The summed E-state index contributed by atoms with van der Waals surface area (Å²) in [6.07, 6.45) is 2.37. The third-order valence-electron chi connectivity index (χ3n) is 4.93. The van der Waals surface area contributed by atoms with Crippen molar-refractivity contribution in [3.63, 3.8) is 0 Å². The van der Waals surface area contributed by atoms with E-state index in [2.05, 4.69) is 5.32 Å². The zero-order valence-corrected chi connectivity index (χ0v) is 17.3. The van der Waals surface area contributed by atoms with Gasteiger partial charge in [0.25, 0.3) is 5.24 Å². The maximum Gasteiger partial charge on any atom is 0.286 e. The molecule has 6 heteroatoms. The van der Waals surface area contributed by atoms with Crippen molar-refractivity contribution in [1.82, 2.24) is 5.32 Å². The number of rotatable bonds is 9. The van der Waals surface area contributed by atoms with Gasteiger partial charge in [-0.05, 0) is 59.9 Å². The molecule has 1 atom stereocenters. The summed E-state index contributed by atoms with van der Waals surface area (Å²) in [6.45, 7) is 1.12. The molecule has 3 aromatic rings. The van der Waals surface area contributed by atoms with Gasteiger partial charge in [0, 0.05) is 0 Å². The summed E-state index contributed by atoms with van der Waals surface area (Å²) < 4.78 is 11.8. The average Bonchev–Trinajstić information content (AvgIpc) is 3.09. The Bertz CT molecular complexity index is 1040. The lowest BCUT2D eigenvalue weighted by Gasteiger charge is -2.10. The van der Waals surface area contributed by atoms with Crippen LogP contribution in [0.2, 0.25) is 0 Å². The topological polar surface area (TPSA) is 64.6 Å². The van der Waals surface area contributed by atoms with Gasteiger partial charge in [0.05, 0.1) is 11.9 Å². The molecular weight excluding hydrogens is 398 g/mol. The predicted octanol–water partition coefficient (Wildman–Crippen LogP) is 5.32. The Morgan fingerprint density at radius 1 is 0.833 bits per heavy atom. The highest BCUT2D eigenvalue weighted by Gasteiger charge is 2.30. The molecule has 3 aromatic carbocycles. The van der Waals surface area contributed by atoms with Crippen LogP contribution in [-0.2, 0) is 11.4 Å². The van der Waals surface area contributed by atoms with Gasteiger partial charge in [0.1, 0.15) is 18.1 Å². The van der Waals surface area contributed by atoms with Crippen LogP contribution in [0.25, 0.3) is 10.8 Å². The van der Waals surface area contributed by atoms with E-state index in [1.807, 2.05) is 66.7 Å². The van der Waals surface area contributed by atoms with E-state index >= 15 is 0 Å². The Morgan fingerprint density at radius 2 is 1.53 bits per heavy atom. The summed E-state index contributed by atoms with van der Waals surface area (Å²) in [7, 11) is 0. The minimum absolute atomic E-state index is 0.174. The van der Waals surface area contributed by atoms with Crippen molar-refractivity contribution < 1.29 is 19.1 Å². The highest BCUT2D eigenvalue weighted by Crippen LogP contribution is 2.26. The molecule has 4 rings (SSSR count). The van der Waals surface area contributed by atoms with Gasteiger partial charge in [-0.15, -0.1) is 0 Å². The molecule has 0 bridgehead atoms. The first-order valence-electron chi connectivity index (χ1n) is 10.0. The van der Waals surface area contributed by atoms with E-state index in [4.69, 9.17) is 9.47 Å². The molecule has 1 aliphatic rings. The van der Waals surface area contributed by atoms with Crippen LogP contribution in [0.1, 0.15) is 24.8 Å². The molecule has 1 aliphatic heterocycles. The lowest BCUT2D eigenvalue weighted by Crippen LogP contribution is -2.24. The summed E-state index contributed by atoms with van der Waals surface area (Å²) >= 11 is 1.08. The van der Waals surface area contributed by atoms with Crippen LogP contribution in [0, 0.1) is 0 Å². The van der Waals surface area contributed by atoms with E-state index in [9.17, 15) is 9.59 Å². The smallest absolute Gasteiger partial charge is 0.286 e. The second-order valence-corrected chi connectivity index (χ2v) is 8.35. The van der Waals surface area contributed by atoms with Crippen molar-refractivity contribution in [2.75, 3.05) is 6.61 Å². The van der Waals surface area contributed by atoms with Gasteiger partial charge < -0.3 is 9.47 Å². The minimum Gasteiger partial charge on any atom is -0.494 e. The van der Waals surface area contributed by atoms with Gasteiger partial charge in [-0.1, -0.05) is 54.2 Å². The predicted molar refractivity (Wildman–Crippen MR) is 119 cm³/mol. The summed E-state index contributed by atoms with van der Waals surface area (Å²) in [4.78, 5) is 22.7. The molecule has 30 heavy (non-hydrogen) atoms. The van der Waals surface area contributed by atoms with Gasteiger partial charge in [0.15, 0.2) is 0 Å². The lowest BCUT2D eigenvalue weighted by atomic mass is 10.1. The van der Waals surface area contributed by atoms with E-state index in [1.165, 1.54) is 0 Å². The number of hydrogen-bond donors (Lipinski definition) is 1. The quantitative estimate of drug-likeness (QED) is 0.474. The SMILES string of the molecule is O=C1NC(=O)C(CCCCOc2ccc3cc(OCc4ccccc4)ccc3c2)S1. The molecule has 2 amide bonds. The second-order valence-electron chi connectivity index (χ2n) is 7.17. The number of fused-ring (bicyclic) bond motifs is 1. The molecule has 1 heterocycles. The number of imide groups is 1. The minimum atomic E-state index is -0.253. The van der Waals surface area contributed by atoms with E-state index < -0.39 is 0 Å².